The lowest BCUT2D eigenvalue weighted by Gasteiger charge is -2.50. The largest absolute Gasteiger partial charge is 0.396 e. The minimum Gasteiger partial charge on any atom is -0.396 e. The van der Waals surface area contributed by atoms with Gasteiger partial charge in [0.25, 0.3) is 0 Å². The summed E-state index contributed by atoms with van der Waals surface area (Å²) in [5, 5.41) is 99.1. The Morgan fingerprint density at radius 3 is 1.76 bits per heavy atom. The summed E-state index contributed by atoms with van der Waals surface area (Å²) in [6.07, 6.45) is -20.2. The van der Waals surface area contributed by atoms with Crippen molar-refractivity contribution < 1.29 is 79.2 Å². The maximum Gasteiger partial charge on any atom is 0.217 e. The van der Waals surface area contributed by atoms with Gasteiger partial charge in [0.2, 0.25) is 11.8 Å². The Hall–Kier alpha value is -1.66. The molecule has 0 aliphatic carbocycles. The van der Waals surface area contributed by atoms with E-state index in [1.54, 1.807) is 13.8 Å². The van der Waals surface area contributed by atoms with Crippen LogP contribution in [0.5, 0.6) is 0 Å². The standard InChI is InChI=1S/C31H59N3O16/c1-13(8-35)20(40)23(43)24(44)27(45)48-25-16(9-36)46-28(18(21(25)41)33-14(2)38)49-26-17(10-37)47-29(19(22(26)42)34-15(3)39)50-31(6,7)11-30(4,5)12-32/h13,16-29,35-37,40-45H,8-12,32H2,1-7H3,(H,33,38)(H,34,39). The van der Waals surface area contributed by atoms with Crippen LogP contribution in [0.4, 0.5) is 0 Å². The van der Waals surface area contributed by atoms with Gasteiger partial charge in [-0.2, -0.15) is 0 Å². The highest BCUT2D eigenvalue weighted by Crippen LogP contribution is 2.35. The van der Waals surface area contributed by atoms with Crippen molar-refractivity contribution in [2.75, 3.05) is 26.4 Å². The molecule has 15 unspecified atom stereocenters. The summed E-state index contributed by atoms with van der Waals surface area (Å²) in [4.78, 5) is 24.4. The third-order valence-electron chi connectivity index (χ3n) is 8.79. The third-order valence-corrected chi connectivity index (χ3v) is 8.79. The lowest BCUT2D eigenvalue weighted by molar-refractivity contribution is -0.351. The zero-order chi connectivity index (χ0) is 38.3. The number of amides is 2. The van der Waals surface area contributed by atoms with Crippen molar-refractivity contribution in [2.45, 2.75) is 146 Å². The number of ether oxygens (including phenoxy) is 5. The Bertz CT molecular complexity index is 1070. The van der Waals surface area contributed by atoms with Crippen LogP contribution in [0, 0.1) is 11.3 Å². The van der Waals surface area contributed by atoms with Crippen LogP contribution in [-0.4, -0.2) is 176 Å². The highest BCUT2D eigenvalue weighted by Gasteiger charge is 2.54. The molecular weight excluding hydrogens is 670 g/mol. The van der Waals surface area contributed by atoms with Crippen LogP contribution in [-0.2, 0) is 33.3 Å². The molecule has 294 valence electrons. The minimum atomic E-state index is -2.28. The number of carbonyl (C=O) groups excluding carboxylic acids is 2. The summed E-state index contributed by atoms with van der Waals surface area (Å²) < 4.78 is 29.5. The molecule has 0 spiro atoms. The van der Waals surface area contributed by atoms with E-state index in [0.717, 1.165) is 6.92 Å². The second kappa shape index (κ2) is 18.9. The molecule has 50 heavy (non-hydrogen) atoms. The maximum atomic E-state index is 12.2. The van der Waals surface area contributed by atoms with Crippen LogP contribution < -0.4 is 16.4 Å². The summed E-state index contributed by atoms with van der Waals surface area (Å²) in [7, 11) is 0. The predicted molar refractivity (Wildman–Crippen MR) is 171 cm³/mol. The molecule has 0 bridgehead atoms. The van der Waals surface area contributed by atoms with Gasteiger partial charge in [0.15, 0.2) is 18.9 Å². The highest BCUT2D eigenvalue weighted by atomic mass is 16.7. The van der Waals surface area contributed by atoms with Crippen molar-refractivity contribution >= 4 is 11.8 Å². The van der Waals surface area contributed by atoms with E-state index in [0.29, 0.717) is 13.0 Å². The van der Waals surface area contributed by atoms with Gasteiger partial charge in [0, 0.05) is 26.4 Å². The molecule has 19 heteroatoms. The van der Waals surface area contributed by atoms with Crippen molar-refractivity contribution in [1.29, 1.82) is 0 Å². The Morgan fingerprint density at radius 2 is 1.28 bits per heavy atom. The topological polar surface area (TPSA) is 312 Å². The molecule has 19 nitrogen and oxygen atoms in total. The van der Waals surface area contributed by atoms with Crippen LogP contribution in [0.3, 0.4) is 0 Å². The van der Waals surface area contributed by atoms with E-state index in [-0.39, 0.29) is 5.41 Å². The fourth-order valence-corrected chi connectivity index (χ4v) is 6.26. The van der Waals surface area contributed by atoms with Crippen molar-refractivity contribution in [1.82, 2.24) is 10.6 Å². The first-order valence-corrected chi connectivity index (χ1v) is 16.6. The van der Waals surface area contributed by atoms with Crippen LogP contribution in [0.2, 0.25) is 0 Å². The van der Waals surface area contributed by atoms with Crippen LogP contribution >= 0.6 is 0 Å². The van der Waals surface area contributed by atoms with Gasteiger partial charge in [-0.05, 0) is 32.2 Å². The number of hydrogen-bond donors (Lipinski definition) is 12. The molecule has 0 radical (unpaired) electrons. The Labute approximate surface area is 291 Å². The Kier molecular flexibility index (Phi) is 16.8. The fourth-order valence-electron chi connectivity index (χ4n) is 6.26. The van der Waals surface area contributed by atoms with Crippen LogP contribution in [0.1, 0.15) is 54.9 Å². The first kappa shape index (κ1) is 44.5. The molecule has 15 atom stereocenters. The van der Waals surface area contributed by atoms with Gasteiger partial charge in [-0.15, -0.1) is 0 Å². The molecule has 2 amide bonds. The summed E-state index contributed by atoms with van der Waals surface area (Å²) in [6.45, 7) is 9.30. The van der Waals surface area contributed by atoms with Gasteiger partial charge < -0.3 is 86.0 Å². The zero-order valence-electron chi connectivity index (χ0n) is 29.7. The molecule has 0 aromatic heterocycles. The van der Waals surface area contributed by atoms with Crippen molar-refractivity contribution in [3.8, 4) is 0 Å². The molecule has 0 aromatic rings. The monoisotopic (exact) mass is 729 g/mol. The molecule has 2 aliphatic rings. The SMILES string of the molecule is CC(=O)NC1C(OC2C(CO)OC(OC(C)(C)CC(C)(C)CN)C(NC(C)=O)C2O)OC(CO)C(OC(O)C(O)C(O)C(O)C(C)CO)C1O. The quantitative estimate of drug-likeness (QED) is 0.0589. The normalized spacial score (nSPS) is 33.9. The summed E-state index contributed by atoms with van der Waals surface area (Å²) in [5.74, 6) is -2.15. The number of hydrogen-bond acceptors (Lipinski definition) is 17. The van der Waals surface area contributed by atoms with Gasteiger partial charge in [-0.25, -0.2) is 0 Å². The van der Waals surface area contributed by atoms with E-state index in [9.17, 15) is 55.5 Å². The van der Waals surface area contributed by atoms with Gasteiger partial charge in [0.1, 0.15) is 60.9 Å². The van der Waals surface area contributed by atoms with Crippen LogP contribution in [0.25, 0.3) is 0 Å². The molecule has 2 aliphatic heterocycles. The first-order chi connectivity index (χ1) is 23.1. The van der Waals surface area contributed by atoms with E-state index in [1.807, 2.05) is 13.8 Å². The smallest absolute Gasteiger partial charge is 0.217 e. The summed E-state index contributed by atoms with van der Waals surface area (Å²) in [5.41, 5.74) is 4.66. The number of aliphatic hydroxyl groups excluding tert-OH is 9. The molecular formula is C31H59N3O16. The van der Waals surface area contributed by atoms with Gasteiger partial charge >= 0.3 is 0 Å². The van der Waals surface area contributed by atoms with Crippen molar-refractivity contribution in [3.05, 3.63) is 0 Å². The van der Waals surface area contributed by atoms with Crippen molar-refractivity contribution in [3.63, 3.8) is 0 Å². The average molecular weight is 730 g/mol. The minimum absolute atomic E-state index is 0.343. The number of nitrogens with two attached hydrogens (primary N) is 1. The van der Waals surface area contributed by atoms with Crippen LogP contribution in [0.15, 0.2) is 0 Å². The number of nitrogens with one attached hydrogen (secondary N) is 2. The van der Waals surface area contributed by atoms with Gasteiger partial charge in [-0.3, -0.25) is 9.59 Å². The highest BCUT2D eigenvalue weighted by molar-refractivity contribution is 5.73. The molecule has 13 N–H and O–H groups in total. The molecule has 0 aromatic carbocycles. The predicted octanol–water partition coefficient (Wildman–Crippen LogP) is -4.88. The lowest BCUT2D eigenvalue weighted by Crippen LogP contribution is -2.70. The third kappa shape index (κ3) is 11.7. The van der Waals surface area contributed by atoms with E-state index < -0.39 is 129 Å². The maximum absolute atomic E-state index is 12.2. The molecule has 2 fully saturated rings. The second-order valence-electron chi connectivity index (χ2n) is 14.5. The lowest BCUT2D eigenvalue weighted by atomic mass is 9.81. The van der Waals surface area contributed by atoms with Gasteiger partial charge in [0.05, 0.1) is 24.9 Å². The fraction of sp³-hybridized carbons (Fsp3) is 0.935. The number of rotatable bonds is 18. The van der Waals surface area contributed by atoms with E-state index in [4.69, 9.17) is 29.4 Å². The van der Waals surface area contributed by atoms with Crippen molar-refractivity contribution in [2.24, 2.45) is 17.1 Å². The Balaban J connectivity index is 2.37. The average Bonchev–Trinajstić information content (AvgIpc) is 3.03. The Morgan fingerprint density at radius 1 is 0.800 bits per heavy atom. The van der Waals surface area contributed by atoms with Gasteiger partial charge in [-0.1, -0.05) is 20.8 Å². The molecule has 0 saturated carbocycles. The summed E-state index contributed by atoms with van der Waals surface area (Å²) >= 11 is 0. The zero-order valence-corrected chi connectivity index (χ0v) is 29.7. The van der Waals surface area contributed by atoms with E-state index in [2.05, 4.69) is 10.6 Å². The van der Waals surface area contributed by atoms with E-state index >= 15 is 0 Å². The first-order valence-electron chi connectivity index (χ1n) is 16.6. The molecule has 2 heterocycles. The second-order valence-corrected chi connectivity index (χ2v) is 14.5. The summed E-state index contributed by atoms with van der Waals surface area (Å²) in [6, 6.07) is -2.79. The molecule has 2 rings (SSSR count). The number of carbonyl (C=O) groups is 2. The van der Waals surface area contributed by atoms with E-state index in [1.165, 1.54) is 13.8 Å². The molecule has 2 saturated heterocycles. The number of aliphatic hydroxyl groups is 9.